The lowest BCUT2D eigenvalue weighted by Gasteiger charge is -2.46. The molecule has 0 saturated carbocycles. The topological polar surface area (TPSA) is 228 Å². The van der Waals surface area contributed by atoms with Gasteiger partial charge in [-0.15, -0.1) is 0 Å². The number of hydrogen-bond acceptors (Lipinski definition) is 13. The molecule has 0 spiro atoms. The number of carbonyl (C=O) groups is 3. The van der Waals surface area contributed by atoms with Crippen LogP contribution < -0.4 is 0 Å². The molecule has 15 nitrogen and oxygen atoms in total. The molecule has 2 fully saturated rings. The Hall–Kier alpha value is -2.21. The molecule has 2 saturated heterocycles. The van der Waals surface area contributed by atoms with E-state index in [-0.39, 0.29) is 5.57 Å². The summed E-state index contributed by atoms with van der Waals surface area (Å²) in [7, 11) is 1.12. The van der Waals surface area contributed by atoms with E-state index in [4.69, 9.17) is 28.4 Å². The molecule has 36 heavy (non-hydrogen) atoms. The van der Waals surface area contributed by atoms with Crippen LogP contribution in [0.2, 0.25) is 0 Å². The van der Waals surface area contributed by atoms with E-state index in [1.165, 1.54) is 13.8 Å². The van der Waals surface area contributed by atoms with Gasteiger partial charge < -0.3 is 59.1 Å². The fourth-order valence-corrected chi connectivity index (χ4v) is 3.70. The van der Waals surface area contributed by atoms with Crippen LogP contribution >= 0.6 is 0 Å². The smallest absolute Gasteiger partial charge is 0.335 e. The minimum Gasteiger partial charge on any atom is -0.479 e. The van der Waals surface area contributed by atoms with Gasteiger partial charge in [-0.1, -0.05) is 13.5 Å². The molecule has 0 aliphatic carbocycles. The molecule has 0 bridgehead atoms. The minimum absolute atomic E-state index is 0.0374. The average molecular weight is 524 g/mol. The Kier molecular flexibility index (Phi) is 10.7. The van der Waals surface area contributed by atoms with Crippen molar-refractivity contribution in [3.63, 3.8) is 0 Å². The molecule has 5 unspecified atom stereocenters. The normalized spacial score (nSPS) is 37.6. The number of methoxy groups -OCH3 is 1. The Balaban J connectivity index is 2.32. The fourth-order valence-electron chi connectivity index (χ4n) is 3.70. The number of hydrogen-bond donors (Lipinski definition) is 6. The van der Waals surface area contributed by atoms with Crippen LogP contribution in [0, 0.1) is 5.92 Å². The molecular formula is C21H32O15. The second kappa shape index (κ2) is 12.8. The first kappa shape index (κ1) is 30.0. The van der Waals surface area contributed by atoms with E-state index >= 15 is 0 Å². The number of carboxylic acid groups (broad SMARTS) is 2. The van der Waals surface area contributed by atoms with E-state index in [1.807, 2.05) is 0 Å². The second-order valence-corrected chi connectivity index (χ2v) is 8.48. The zero-order chi connectivity index (χ0) is 27.3. The highest BCUT2D eigenvalue weighted by atomic mass is 16.7. The fraction of sp³-hybridized carbons (Fsp3) is 0.762. The van der Waals surface area contributed by atoms with Gasteiger partial charge in [-0.25, -0.2) is 14.4 Å². The highest BCUT2D eigenvalue weighted by Crippen LogP contribution is 2.32. The number of aliphatic hydroxyl groups excluding tert-OH is 4. The van der Waals surface area contributed by atoms with Crippen molar-refractivity contribution >= 4 is 17.9 Å². The molecular weight excluding hydrogens is 492 g/mol. The summed E-state index contributed by atoms with van der Waals surface area (Å²) < 4.78 is 31.6. The summed E-state index contributed by atoms with van der Waals surface area (Å²) in [6.45, 7) is 4.86. The van der Waals surface area contributed by atoms with Gasteiger partial charge in [-0.2, -0.15) is 0 Å². The Morgan fingerprint density at radius 1 is 0.944 bits per heavy atom. The first-order valence-corrected chi connectivity index (χ1v) is 10.9. The third-order valence-corrected chi connectivity index (χ3v) is 5.75. The van der Waals surface area contributed by atoms with E-state index in [0.29, 0.717) is 0 Å². The van der Waals surface area contributed by atoms with E-state index in [2.05, 4.69) is 6.58 Å². The number of esters is 1. The number of aliphatic hydroxyl groups is 4. The molecule has 0 amide bonds. The predicted octanol–water partition coefficient (Wildman–Crippen LogP) is -2.78. The molecule has 0 radical (unpaired) electrons. The number of ether oxygens (including phenoxy) is 6. The summed E-state index contributed by atoms with van der Waals surface area (Å²) in [5.74, 6) is -4.94. The van der Waals surface area contributed by atoms with Gasteiger partial charge in [0.15, 0.2) is 24.8 Å². The van der Waals surface area contributed by atoms with Crippen LogP contribution in [0.5, 0.6) is 0 Å². The van der Waals surface area contributed by atoms with Crippen LogP contribution in [0.25, 0.3) is 0 Å². The molecule has 0 aromatic carbocycles. The van der Waals surface area contributed by atoms with Crippen LogP contribution in [0.4, 0.5) is 0 Å². The summed E-state index contributed by atoms with van der Waals surface area (Å²) >= 11 is 0. The van der Waals surface area contributed by atoms with E-state index in [0.717, 1.165) is 7.11 Å². The minimum atomic E-state index is -1.88. The molecule has 206 valence electrons. The monoisotopic (exact) mass is 524 g/mol. The number of carboxylic acids is 2. The quantitative estimate of drug-likeness (QED) is 0.119. The van der Waals surface area contributed by atoms with Gasteiger partial charge >= 0.3 is 17.9 Å². The lowest BCUT2D eigenvalue weighted by Crippen LogP contribution is -2.65. The first-order valence-electron chi connectivity index (χ1n) is 10.9. The zero-order valence-electron chi connectivity index (χ0n) is 19.8. The standard InChI is InChI=1S/C21H32O15/c1-7(2)19(30)33-9(5-22)6-32-14-12(25)20(31-4)36-16(18(28)29)15(14)35-21-11(24)10(23)8(3)13(34-21)17(26)27/h8-16,20-25H,1,5-6H2,2-4H3,(H,26,27)(H,28,29)/t8-,9?,10-,11?,12?,13?,14+,15-,16?,20+,21-/m0/s1. The van der Waals surface area contributed by atoms with Crippen LogP contribution in [0.3, 0.4) is 0 Å². The Morgan fingerprint density at radius 2 is 1.53 bits per heavy atom. The summed E-state index contributed by atoms with van der Waals surface area (Å²) in [5.41, 5.74) is 0.0374. The zero-order valence-corrected chi connectivity index (χ0v) is 19.8. The largest absolute Gasteiger partial charge is 0.479 e. The van der Waals surface area contributed by atoms with Crippen molar-refractivity contribution in [3.05, 3.63) is 12.2 Å². The molecule has 0 aromatic heterocycles. The number of rotatable bonds is 11. The lowest BCUT2D eigenvalue weighted by molar-refractivity contribution is -0.349. The third kappa shape index (κ3) is 6.76. The van der Waals surface area contributed by atoms with Gasteiger partial charge in [0.1, 0.15) is 30.5 Å². The van der Waals surface area contributed by atoms with Crippen LogP contribution in [-0.4, -0.2) is 130 Å². The van der Waals surface area contributed by atoms with Crippen molar-refractivity contribution in [1.29, 1.82) is 0 Å². The summed E-state index contributed by atoms with van der Waals surface area (Å²) in [5, 5.41) is 60.0. The molecule has 15 heteroatoms. The molecule has 2 rings (SSSR count). The molecule has 2 aliphatic heterocycles. The molecule has 6 N–H and O–H groups in total. The van der Waals surface area contributed by atoms with Crippen LogP contribution in [0.15, 0.2) is 12.2 Å². The number of aliphatic carboxylic acids is 2. The lowest BCUT2D eigenvalue weighted by atomic mass is 9.90. The maximum atomic E-state index is 11.9. The Labute approximate surface area is 205 Å². The first-order chi connectivity index (χ1) is 16.8. The highest BCUT2D eigenvalue weighted by molar-refractivity contribution is 5.87. The van der Waals surface area contributed by atoms with Crippen molar-refractivity contribution in [3.8, 4) is 0 Å². The molecule has 0 aromatic rings. The van der Waals surface area contributed by atoms with Crippen LogP contribution in [0.1, 0.15) is 13.8 Å². The molecule has 11 atom stereocenters. The van der Waals surface area contributed by atoms with Gasteiger partial charge in [0.2, 0.25) is 0 Å². The third-order valence-electron chi connectivity index (χ3n) is 5.75. The van der Waals surface area contributed by atoms with E-state index in [9.17, 15) is 45.0 Å². The van der Waals surface area contributed by atoms with Crippen molar-refractivity contribution in [2.45, 2.75) is 75.3 Å². The van der Waals surface area contributed by atoms with Crippen molar-refractivity contribution < 1.29 is 73.4 Å². The highest BCUT2D eigenvalue weighted by Gasteiger charge is 2.54. The van der Waals surface area contributed by atoms with Crippen molar-refractivity contribution in [1.82, 2.24) is 0 Å². The van der Waals surface area contributed by atoms with Crippen LogP contribution in [-0.2, 0) is 42.8 Å². The van der Waals surface area contributed by atoms with Gasteiger partial charge in [-0.3, -0.25) is 0 Å². The average Bonchev–Trinajstić information content (AvgIpc) is 2.82. The second-order valence-electron chi connectivity index (χ2n) is 8.48. The number of carbonyl (C=O) groups excluding carboxylic acids is 1. The Bertz CT molecular complexity index is 802. The maximum Gasteiger partial charge on any atom is 0.335 e. The van der Waals surface area contributed by atoms with Gasteiger partial charge in [-0.05, 0) is 6.92 Å². The molecule has 2 aliphatic rings. The van der Waals surface area contributed by atoms with E-state index < -0.39 is 98.5 Å². The molecule has 2 heterocycles. The Morgan fingerprint density at radius 3 is 2.03 bits per heavy atom. The van der Waals surface area contributed by atoms with Gasteiger partial charge in [0.05, 0.1) is 19.3 Å². The predicted molar refractivity (Wildman–Crippen MR) is 113 cm³/mol. The van der Waals surface area contributed by atoms with Gasteiger partial charge in [0.25, 0.3) is 0 Å². The summed E-state index contributed by atoms with van der Waals surface area (Å²) in [6, 6.07) is 0. The summed E-state index contributed by atoms with van der Waals surface area (Å²) in [4.78, 5) is 35.2. The van der Waals surface area contributed by atoms with Gasteiger partial charge in [0, 0.05) is 18.6 Å². The SMILES string of the molecule is C=C(C)C(=O)OC(CO)CO[C@@H]1C(O)[C@H](OC)OC(C(=O)O)[C@H]1O[C@@H]1OC(C(=O)O)[C@@H](C)[C@H](O)C1O. The maximum absolute atomic E-state index is 11.9. The van der Waals surface area contributed by atoms with Crippen molar-refractivity contribution in [2.75, 3.05) is 20.3 Å². The summed E-state index contributed by atoms with van der Waals surface area (Å²) in [6.07, 6.45) is -16.6. The van der Waals surface area contributed by atoms with Crippen molar-refractivity contribution in [2.24, 2.45) is 5.92 Å². The van der Waals surface area contributed by atoms with E-state index in [1.54, 1.807) is 0 Å².